The predicted molar refractivity (Wildman–Crippen MR) is 102 cm³/mol. The zero-order valence-electron chi connectivity index (χ0n) is 14.4. The van der Waals surface area contributed by atoms with Gasteiger partial charge < -0.3 is 15.1 Å². The first kappa shape index (κ1) is 18.6. The van der Waals surface area contributed by atoms with E-state index in [4.69, 9.17) is 0 Å². The average Bonchev–Trinajstić information content (AvgIpc) is 3.10. The van der Waals surface area contributed by atoms with E-state index in [-0.39, 0.29) is 11.4 Å². The summed E-state index contributed by atoms with van der Waals surface area (Å²) in [7, 11) is 1.63. The van der Waals surface area contributed by atoms with Crippen LogP contribution in [0.2, 0.25) is 0 Å². The van der Waals surface area contributed by atoms with E-state index in [9.17, 15) is 13.6 Å². The average molecular weight is 424 g/mol. The molecule has 1 aliphatic rings. The zero-order valence-corrected chi connectivity index (χ0v) is 16.0. The molecule has 1 N–H and O–H groups in total. The van der Waals surface area contributed by atoms with E-state index in [2.05, 4.69) is 21.2 Å². The summed E-state index contributed by atoms with van der Waals surface area (Å²) in [6, 6.07) is 9.46. The highest BCUT2D eigenvalue weighted by molar-refractivity contribution is 9.10. The van der Waals surface area contributed by atoms with Crippen molar-refractivity contribution in [2.45, 2.75) is 19.4 Å². The highest BCUT2D eigenvalue weighted by Crippen LogP contribution is 2.29. The maximum Gasteiger partial charge on any atom is 0.321 e. The Morgan fingerprint density at radius 1 is 1.19 bits per heavy atom. The lowest BCUT2D eigenvalue weighted by atomic mass is 10.2. The maximum absolute atomic E-state index is 14.4. The Morgan fingerprint density at radius 2 is 1.81 bits per heavy atom. The van der Waals surface area contributed by atoms with Crippen LogP contribution >= 0.6 is 15.9 Å². The van der Waals surface area contributed by atoms with Gasteiger partial charge in [0.1, 0.15) is 5.69 Å². The Labute approximate surface area is 159 Å². The van der Waals surface area contributed by atoms with Crippen LogP contribution in [0, 0.1) is 11.6 Å². The van der Waals surface area contributed by atoms with Crippen molar-refractivity contribution < 1.29 is 13.6 Å². The molecule has 0 aromatic heterocycles. The van der Waals surface area contributed by atoms with Gasteiger partial charge in [-0.2, -0.15) is 0 Å². The van der Waals surface area contributed by atoms with Crippen LogP contribution in [0.3, 0.4) is 0 Å². The summed E-state index contributed by atoms with van der Waals surface area (Å²) in [5, 5.41) is 2.55. The van der Waals surface area contributed by atoms with Crippen LogP contribution in [0.1, 0.15) is 18.4 Å². The van der Waals surface area contributed by atoms with Gasteiger partial charge >= 0.3 is 6.03 Å². The molecule has 2 amide bonds. The summed E-state index contributed by atoms with van der Waals surface area (Å²) in [5.41, 5.74) is 1.03. The Bertz CT molecular complexity index is 786. The first-order valence-corrected chi connectivity index (χ1v) is 9.24. The largest absolute Gasteiger partial charge is 0.367 e. The fourth-order valence-electron chi connectivity index (χ4n) is 3.05. The van der Waals surface area contributed by atoms with Gasteiger partial charge in [-0.25, -0.2) is 13.6 Å². The molecule has 4 nitrogen and oxygen atoms in total. The number of carbonyl (C=O) groups excluding carboxylic acids is 1. The van der Waals surface area contributed by atoms with Crippen molar-refractivity contribution >= 4 is 33.3 Å². The van der Waals surface area contributed by atoms with Crippen LogP contribution in [0.4, 0.5) is 25.0 Å². The lowest BCUT2D eigenvalue weighted by Gasteiger charge is -2.21. The normalized spacial score (nSPS) is 13.8. The number of anilines is 2. The van der Waals surface area contributed by atoms with Crippen LogP contribution in [0.15, 0.2) is 40.9 Å². The second kappa shape index (κ2) is 8.03. The van der Waals surface area contributed by atoms with Crippen LogP contribution in [0.25, 0.3) is 0 Å². The fraction of sp³-hybridized carbons (Fsp3) is 0.316. The van der Waals surface area contributed by atoms with Crippen molar-refractivity contribution in [1.82, 2.24) is 4.90 Å². The van der Waals surface area contributed by atoms with E-state index in [1.165, 1.54) is 17.0 Å². The quantitative estimate of drug-likeness (QED) is 0.751. The molecule has 0 bridgehead atoms. The molecule has 1 saturated heterocycles. The lowest BCUT2D eigenvalue weighted by molar-refractivity contribution is 0.220. The molecule has 1 aliphatic heterocycles. The van der Waals surface area contributed by atoms with Crippen molar-refractivity contribution in [1.29, 1.82) is 0 Å². The number of hydrogen-bond donors (Lipinski definition) is 1. The Balaban J connectivity index is 1.70. The van der Waals surface area contributed by atoms with Gasteiger partial charge in [-0.15, -0.1) is 0 Å². The topological polar surface area (TPSA) is 35.6 Å². The van der Waals surface area contributed by atoms with Crippen LogP contribution in [-0.4, -0.2) is 31.1 Å². The number of benzene rings is 2. The van der Waals surface area contributed by atoms with Crippen molar-refractivity contribution in [2.75, 3.05) is 30.4 Å². The molecule has 2 aromatic carbocycles. The van der Waals surface area contributed by atoms with Gasteiger partial charge in [-0.3, -0.25) is 0 Å². The predicted octanol–water partition coefficient (Wildman–Crippen LogP) is 4.99. The molecule has 0 spiro atoms. The highest BCUT2D eigenvalue weighted by Gasteiger charge is 2.22. The Morgan fingerprint density at radius 3 is 2.42 bits per heavy atom. The van der Waals surface area contributed by atoms with Crippen LogP contribution in [-0.2, 0) is 6.54 Å². The molecule has 3 rings (SSSR count). The van der Waals surface area contributed by atoms with E-state index in [0.717, 1.165) is 22.9 Å². The van der Waals surface area contributed by atoms with E-state index in [0.29, 0.717) is 19.6 Å². The standard InChI is InChI=1S/C19H20BrF2N3O/c1-24(12-13-6-2-3-7-15(13)20)19(26)23-14-10-16(21)18(17(22)11-14)25-8-4-5-9-25/h2-3,6-7,10-11H,4-5,8-9,12H2,1H3,(H,23,26). The number of nitrogens with one attached hydrogen (secondary N) is 1. The monoisotopic (exact) mass is 423 g/mol. The van der Waals surface area contributed by atoms with Crippen molar-refractivity contribution in [3.05, 3.63) is 58.1 Å². The molecular weight excluding hydrogens is 404 g/mol. The summed E-state index contributed by atoms with van der Waals surface area (Å²) in [6.45, 7) is 1.66. The molecule has 26 heavy (non-hydrogen) atoms. The third-order valence-corrected chi connectivity index (χ3v) is 5.18. The van der Waals surface area contributed by atoms with Gasteiger partial charge in [0.15, 0.2) is 11.6 Å². The fourth-order valence-corrected chi connectivity index (χ4v) is 3.46. The van der Waals surface area contributed by atoms with E-state index >= 15 is 0 Å². The molecule has 0 unspecified atom stereocenters. The number of carbonyl (C=O) groups is 1. The number of hydrogen-bond acceptors (Lipinski definition) is 2. The number of urea groups is 1. The summed E-state index contributed by atoms with van der Waals surface area (Å²) in [6.07, 6.45) is 1.86. The van der Waals surface area contributed by atoms with Crippen LogP contribution < -0.4 is 10.2 Å². The van der Waals surface area contributed by atoms with Crippen LogP contribution in [0.5, 0.6) is 0 Å². The maximum atomic E-state index is 14.4. The van der Waals surface area contributed by atoms with Crippen molar-refractivity contribution in [2.24, 2.45) is 0 Å². The smallest absolute Gasteiger partial charge is 0.321 e. The summed E-state index contributed by atoms with van der Waals surface area (Å²) >= 11 is 3.44. The summed E-state index contributed by atoms with van der Waals surface area (Å²) in [4.78, 5) is 15.5. The number of nitrogens with zero attached hydrogens (tertiary/aromatic N) is 2. The second-order valence-electron chi connectivity index (χ2n) is 6.36. The van der Waals surface area contributed by atoms with Gasteiger partial charge in [0.25, 0.3) is 0 Å². The molecule has 138 valence electrons. The number of rotatable bonds is 4. The minimum atomic E-state index is -0.657. The third kappa shape index (κ3) is 4.15. The zero-order chi connectivity index (χ0) is 18.7. The number of amides is 2. The van der Waals surface area contributed by atoms with E-state index in [1.54, 1.807) is 11.9 Å². The van der Waals surface area contributed by atoms with E-state index in [1.807, 2.05) is 24.3 Å². The van der Waals surface area contributed by atoms with Crippen molar-refractivity contribution in [3.63, 3.8) is 0 Å². The van der Waals surface area contributed by atoms with Gasteiger partial charge in [-0.1, -0.05) is 34.1 Å². The summed E-state index contributed by atoms with van der Waals surface area (Å²) in [5.74, 6) is -1.31. The first-order valence-electron chi connectivity index (χ1n) is 8.45. The molecule has 0 radical (unpaired) electrons. The third-order valence-electron chi connectivity index (χ3n) is 4.40. The Kier molecular flexibility index (Phi) is 5.76. The highest BCUT2D eigenvalue weighted by atomic mass is 79.9. The number of halogens is 3. The molecule has 0 aliphatic carbocycles. The molecule has 0 atom stereocenters. The van der Waals surface area contributed by atoms with Gasteiger partial charge in [0.05, 0.1) is 0 Å². The minimum absolute atomic E-state index is 0.0120. The van der Waals surface area contributed by atoms with Gasteiger partial charge in [0, 0.05) is 36.8 Å². The first-order chi connectivity index (χ1) is 12.5. The van der Waals surface area contributed by atoms with Crippen molar-refractivity contribution in [3.8, 4) is 0 Å². The SMILES string of the molecule is CN(Cc1ccccc1Br)C(=O)Nc1cc(F)c(N2CCCC2)c(F)c1. The molecule has 0 saturated carbocycles. The summed E-state index contributed by atoms with van der Waals surface area (Å²) < 4.78 is 29.6. The molecular formula is C19H20BrF2N3O. The molecule has 2 aromatic rings. The minimum Gasteiger partial charge on any atom is -0.367 e. The molecule has 1 fully saturated rings. The molecule has 7 heteroatoms. The van der Waals surface area contributed by atoms with E-state index < -0.39 is 17.7 Å². The van der Waals surface area contributed by atoms with Gasteiger partial charge in [-0.05, 0) is 36.6 Å². The second-order valence-corrected chi connectivity index (χ2v) is 7.21. The van der Waals surface area contributed by atoms with Gasteiger partial charge in [0.2, 0.25) is 0 Å². The lowest BCUT2D eigenvalue weighted by Crippen LogP contribution is -2.31. The molecule has 1 heterocycles. The Hall–Kier alpha value is -2.15.